The van der Waals surface area contributed by atoms with Gasteiger partial charge in [-0.3, -0.25) is 0 Å². The summed E-state index contributed by atoms with van der Waals surface area (Å²) >= 11 is -0.00388. The van der Waals surface area contributed by atoms with Crippen LogP contribution in [0, 0.1) is 6.92 Å². The van der Waals surface area contributed by atoms with E-state index in [1.807, 2.05) is 104 Å². The van der Waals surface area contributed by atoms with Crippen LogP contribution in [-0.4, -0.2) is 41.1 Å². The van der Waals surface area contributed by atoms with E-state index in [1.165, 1.54) is 4.41 Å². The van der Waals surface area contributed by atoms with Crippen molar-refractivity contribution in [2.24, 2.45) is 5.10 Å². The van der Waals surface area contributed by atoms with E-state index >= 15 is 0 Å². The molecule has 0 aliphatic heterocycles. The van der Waals surface area contributed by atoms with Gasteiger partial charge in [0, 0.05) is 0 Å². The van der Waals surface area contributed by atoms with Crippen molar-refractivity contribution in [3.05, 3.63) is 126 Å². The number of benzene rings is 4. The van der Waals surface area contributed by atoms with Crippen LogP contribution < -0.4 is 9.20 Å². The molecule has 1 unspecified atom stereocenters. The SMILES string of the molecule is COc1ccc([Se]CC(c2ccccc2)N(N=Cc2ccccc2)S(=O)(=O)c2ccc(C)cc2)cc1. The molecular weight excluding hydrogens is 535 g/mol. The number of rotatable bonds is 10. The molecule has 0 bridgehead atoms. The summed E-state index contributed by atoms with van der Waals surface area (Å²) in [5.41, 5.74) is 2.72. The second kappa shape index (κ2) is 12.0. The zero-order chi connectivity index (χ0) is 25.4. The van der Waals surface area contributed by atoms with Crippen LogP contribution in [0.25, 0.3) is 0 Å². The first-order valence-corrected chi connectivity index (χ1v) is 15.0. The maximum absolute atomic E-state index is 14.0. The standard InChI is InChI=1S/C29H28N2O3SSe/c1-23-13-17-27(18-14-23)35(32,33)31(30-21-24-9-5-3-6-10-24)29(25-11-7-4-8-12-25)22-36-28-19-15-26(34-2)16-20-28/h3-21,29H,22H2,1-2H3. The Kier molecular flexibility index (Phi) is 8.60. The van der Waals surface area contributed by atoms with E-state index in [-0.39, 0.29) is 19.9 Å². The van der Waals surface area contributed by atoms with Crippen LogP contribution >= 0.6 is 0 Å². The third-order valence-corrected chi connectivity index (χ3v) is 9.60. The molecule has 0 fully saturated rings. The van der Waals surface area contributed by atoms with E-state index in [1.54, 1.807) is 25.5 Å². The number of hydrazone groups is 1. The normalized spacial score (nSPS) is 12.4. The fourth-order valence-corrected chi connectivity index (χ4v) is 7.34. The van der Waals surface area contributed by atoms with Gasteiger partial charge in [0.05, 0.1) is 0 Å². The van der Waals surface area contributed by atoms with Crippen molar-refractivity contribution in [1.29, 1.82) is 0 Å². The molecule has 0 radical (unpaired) electrons. The molecule has 0 aromatic heterocycles. The number of ether oxygens (including phenoxy) is 1. The van der Waals surface area contributed by atoms with Crippen LogP contribution in [0.1, 0.15) is 22.7 Å². The summed E-state index contributed by atoms with van der Waals surface area (Å²) in [5, 5.41) is 5.20. The topological polar surface area (TPSA) is 59.0 Å². The Labute approximate surface area is 219 Å². The Hall–Kier alpha value is -3.38. The number of hydrogen-bond donors (Lipinski definition) is 0. The number of sulfonamides is 1. The minimum atomic E-state index is -3.92. The predicted molar refractivity (Wildman–Crippen MR) is 147 cm³/mol. The van der Waals surface area contributed by atoms with Crippen molar-refractivity contribution in [2.45, 2.75) is 23.2 Å². The van der Waals surface area contributed by atoms with E-state index in [4.69, 9.17) is 4.74 Å². The average molecular weight is 564 g/mol. The summed E-state index contributed by atoms with van der Waals surface area (Å²) in [4.78, 5) is 0.219. The van der Waals surface area contributed by atoms with Crippen molar-refractivity contribution >= 4 is 35.7 Å². The Balaban J connectivity index is 1.75. The molecule has 184 valence electrons. The van der Waals surface area contributed by atoms with Gasteiger partial charge in [0.1, 0.15) is 0 Å². The molecule has 0 aliphatic carbocycles. The zero-order valence-corrected chi connectivity index (χ0v) is 22.7. The second-order valence-electron chi connectivity index (χ2n) is 8.16. The number of aryl methyl sites for hydroxylation is 1. The van der Waals surface area contributed by atoms with Crippen LogP contribution in [0.5, 0.6) is 5.75 Å². The van der Waals surface area contributed by atoms with Crippen molar-refractivity contribution in [1.82, 2.24) is 4.41 Å². The molecule has 4 aromatic rings. The summed E-state index contributed by atoms with van der Waals surface area (Å²) in [5.74, 6) is 0.796. The number of hydrogen-bond acceptors (Lipinski definition) is 4. The van der Waals surface area contributed by atoms with Gasteiger partial charge < -0.3 is 0 Å². The summed E-state index contributed by atoms with van der Waals surface area (Å²) < 4.78 is 35.7. The van der Waals surface area contributed by atoms with Crippen LogP contribution in [0.15, 0.2) is 119 Å². The quantitative estimate of drug-likeness (QED) is 0.151. The molecule has 4 rings (SSSR count). The fraction of sp³-hybridized carbons (Fsp3) is 0.138. The van der Waals surface area contributed by atoms with E-state index < -0.39 is 16.1 Å². The van der Waals surface area contributed by atoms with Crippen LogP contribution in [0.4, 0.5) is 0 Å². The summed E-state index contributed by atoms with van der Waals surface area (Å²) in [6.07, 6.45) is 1.61. The zero-order valence-electron chi connectivity index (χ0n) is 20.2. The van der Waals surface area contributed by atoms with Gasteiger partial charge in [-0.15, -0.1) is 0 Å². The van der Waals surface area contributed by atoms with Crippen LogP contribution in [0.3, 0.4) is 0 Å². The molecule has 36 heavy (non-hydrogen) atoms. The van der Waals surface area contributed by atoms with E-state index in [0.717, 1.165) is 26.9 Å². The van der Waals surface area contributed by atoms with Crippen molar-refractivity contribution < 1.29 is 13.2 Å². The van der Waals surface area contributed by atoms with Gasteiger partial charge in [0.25, 0.3) is 0 Å². The Morgan fingerprint density at radius 2 is 1.47 bits per heavy atom. The first-order chi connectivity index (χ1) is 17.5. The van der Waals surface area contributed by atoms with Gasteiger partial charge in [0.15, 0.2) is 0 Å². The molecule has 0 heterocycles. The molecular formula is C29H28N2O3SSe. The fourth-order valence-electron chi connectivity index (χ4n) is 3.60. The van der Waals surface area contributed by atoms with Gasteiger partial charge in [-0.25, -0.2) is 0 Å². The molecule has 4 aromatic carbocycles. The third-order valence-electron chi connectivity index (χ3n) is 5.60. The Morgan fingerprint density at radius 1 is 0.861 bits per heavy atom. The molecule has 0 amide bonds. The van der Waals surface area contributed by atoms with Crippen molar-refractivity contribution in [2.75, 3.05) is 7.11 Å². The maximum atomic E-state index is 14.0. The molecule has 1 atom stereocenters. The number of methoxy groups -OCH3 is 1. The molecule has 0 spiro atoms. The third kappa shape index (κ3) is 6.43. The Bertz CT molecular complexity index is 1380. The van der Waals surface area contributed by atoms with E-state index in [9.17, 15) is 8.42 Å². The monoisotopic (exact) mass is 564 g/mol. The van der Waals surface area contributed by atoms with E-state index in [0.29, 0.717) is 5.32 Å². The average Bonchev–Trinajstić information content (AvgIpc) is 2.92. The van der Waals surface area contributed by atoms with Gasteiger partial charge in [-0.05, 0) is 0 Å². The molecule has 0 saturated carbocycles. The first kappa shape index (κ1) is 25.7. The van der Waals surface area contributed by atoms with Gasteiger partial charge >= 0.3 is 220 Å². The summed E-state index contributed by atoms with van der Waals surface area (Å²) in [7, 11) is -2.28. The molecule has 7 heteroatoms. The molecule has 5 nitrogen and oxygen atoms in total. The Morgan fingerprint density at radius 3 is 2.08 bits per heavy atom. The first-order valence-electron chi connectivity index (χ1n) is 11.5. The van der Waals surface area contributed by atoms with Gasteiger partial charge in [0.2, 0.25) is 0 Å². The van der Waals surface area contributed by atoms with Crippen molar-refractivity contribution in [3.8, 4) is 5.75 Å². The minimum absolute atomic E-state index is 0.00388. The second-order valence-corrected chi connectivity index (χ2v) is 12.2. The van der Waals surface area contributed by atoms with Crippen molar-refractivity contribution in [3.63, 3.8) is 0 Å². The molecule has 0 aliphatic rings. The molecule has 0 saturated heterocycles. The predicted octanol–water partition coefficient (Wildman–Crippen LogP) is 5.22. The van der Waals surface area contributed by atoms with Crippen LogP contribution in [-0.2, 0) is 10.0 Å². The van der Waals surface area contributed by atoms with Crippen LogP contribution in [0.2, 0.25) is 5.32 Å². The van der Waals surface area contributed by atoms with E-state index in [2.05, 4.69) is 5.10 Å². The summed E-state index contributed by atoms with van der Waals surface area (Å²) in [6, 6.07) is 33.6. The van der Waals surface area contributed by atoms with Gasteiger partial charge in [-0.1, -0.05) is 0 Å². The summed E-state index contributed by atoms with van der Waals surface area (Å²) in [6.45, 7) is 1.94. The number of nitrogens with zero attached hydrogens (tertiary/aromatic N) is 2. The molecule has 0 N–H and O–H groups in total. The van der Waals surface area contributed by atoms with Gasteiger partial charge in [-0.2, -0.15) is 0 Å².